The second-order valence-corrected chi connectivity index (χ2v) is 6.19. The molecule has 0 bridgehead atoms. The average Bonchev–Trinajstić information content (AvgIpc) is 2.75. The molecule has 7 heteroatoms. The SMILES string of the molecule is Cc1cc(C)n(CCNc2nc(C)nc3c2CCNCC3)c(=O)n1. The zero-order valence-corrected chi connectivity index (χ0v) is 14.5. The molecule has 2 aromatic rings. The van der Waals surface area contributed by atoms with Gasteiger partial charge in [0.1, 0.15) is 11.6 Å². The summed E-state index contributed by atoms with van der Waals surface area (Å²) in [4.78, 5) is 25.2. The maximum Gasteiger partial charge on any atom is 0.348 e. The highest BCUT2D eigenvalue weighted by molar-refractivity contribution is 5.47. The Bertz CT molecular complexity index is 798. The molecule has 24 heavy (non-hydrogen) atoms. The Morgan fingerprint density at radius 1 is 1.17 bits per heavy atom. The summed E-state index contributed by atoms with van der Waals surface area (Å²) >= 11 is 0. The molecule has 0 atom stereocenters. The Labute approximate surface area is 141 Å². The lowest BCUT2D eigenvalue weighted by Gasteiger charge is -2.15. The molecular formula is C17H24N6O. The lowest BCUT2D eigenvalue weighted by molar-refractivity contribution is 0.646. The van der Waals surface area contributed by atoms with Crippen molar-refractivity contribution in [3.8, 4) is 0 Å². The summed E-state index contributed by atoms with van der Waals surface area (Å²) in [5.74, 6) is 1.68. The van der Waals surface area contributed by atoms with Gasteiger partial charge in [-0.05, 0) is 39.8 Å². The molecule has 0 aliphatic carbocycles. The number of nitrogens with zero attached hydrogens (tertiary/aromatic N) is 4. The summed E-state index contributed by atoms with van der Waals surface area (Å²) in [6.07, 6.45) is 1.84. The van der Waals surface area contributed by atoms with Crippen LogP contribution in [0.1, 0.15) is 28.5 Å². The van der Waals surface area contributed by atoms with Gasteiger partial charge in [0.05, 0.1) is 5.69 Å². The van der Waals surface area contributed by atoms with Crippen LogP contribution < -0.4 is 16.3 Å². The number of nitrogens with one attached hydrogen (secondary N) is 2. The summed E-state index contributed by atoms with van der Waals surface area (Å²) in [6.45, 7) is 8.77. The lowest BCUT2D eigenvalue weighted by atomic mass is 10.1. The van der Waals surface area contributed by atoms with E-state index < -0.39 is 0 Å². The maximum absolute atomic E-state index is 12.0. The number of anilines is 1. The Hall–Kier alpha value is -2.28. The first kappa shape index (κ1) is 16.6. The molecule has 0 fully saturated rings. The van der Waals surface area contributed by atoms with Crippen molar-refractivity contribution in [1.29, 1.82) is 0 Å². The zero-order valence-electron chi connectivity index (χ0n) is 14.5. The van der Waals surface area contributed by atoms with Crippen LogP contribution in [0.5, 0.6) is 0 Å². The first-order chi connectivity index (χ1) is 11.5. The number of aryl methyl sites for hydroxylation is 3. The van der Waals surface area contributed by atoms with Gasteiger partial charge in [0.25, 0.3) is 0 Å². The fourth-order valence-electron chi connectivity index (χ4n) is 3.15. The molecule has 0 aromatic carbocycles. The highest BCUT2D eigenvalue weighted by Crippen LogP contribution is 2.19. The predicted molar refractivity (Wildman–Crippen MR) is 93.5 cm³/mol. The van der Waals surface area contributed by atoms with Crippen molar-refractivity contribution in [2.24, 2.45) is 0 Å². The Morgan fingerprint density at radius 3 is 2.75 bits per heavy atom. The number of hydrogen-bond donors (Lipinski definition) is 2. The van der Waals surface area contributed by atoms with Gasteiger partial charge in [-0.1, -0.05) is 0 Å². The minimum Gasteiger partial charge on any atom is -0.368 e. The van der Waals surface area contributed by atoms with Crippen molar-refractivity contribution in [3.05, 3.63) is 45.0 Å². The van der Waals surface area contributed by atoms with Crippen LogP contribution in [0.3, 0.4) is 0 Å². The van der Waals surface area contributed by atoms with Gasteiger partial charge in [0.15, 0.2) is 0 Å². The molecule has 2 N–H and O–H groups in total. The van der Waals surface area contributed by atoms with Crippen LogP contribution in [0.25, 0.3) is 0 Å². The summed E-state index contributed by atoms with van der Waals surface area (Å²) < 4.78 is 1.69. The minimum atomic E-state index is -0.198. The van der Waals surface area contributed by atoms with Crippen LogP contribution in [0.2, 0.25) is 0 Å². The highest BCUT2D eigenvalue weighted by Gasteiger charge is 2.15. The third-order valence-electron chi connectivity index (χ3n) is 4.27. The van der Waals surface area contributed by atoms with E-state index in [1.165, 1.54) is 5.56 Å². The molecule has 0 saturated heterocycles. The fraction of sp³-hybridized carbons (Fsp3) is 0.529. The highest BCUT2D eigenvalue weighted by atomic mass is 16.1. The van der Waals surface area contributed by atoms with Gasteiger partial charge in [-0.2, -0.15) is 4.98 Å². The second kappa shape index (κ2) is 7.09. The molecule has 7 nitrogen and oxygen atoms in total. The summed E-state index contributed by atoms with van der Waals surface area (Å²) in [7, 11) is 0. The van der Waals surface area contributed by atoms with Crippen molar-refractivity contribution in [2.75, 3.05) is 25.0 Å². The molecule has 3 rings (SSSR count). The van der Waals surface area contributed by atoms with E-state index in [2.05, 4.69) is 25.6 Å². The Balaban J connectivity index is 1.76. The van der Waals surface area contributed by atoms with E-state index in [0.717, 1.165) is 54.7 Å². The van der Waals surface area contributed by atoms with Gasteiger partial charge in [0.2, 0.25) is 0 Å². The zero-order chi connectivity index (χ0) is 17.1. The largest absolute Gasteiger partial charge is 0.368 e. The van der Waals surface area contributed by atoms with Gasteiger partial charge in [0, 0.05) is 43.0 Å². The molecule has 128 valence electrons. The molecule has 1 aliphatic heterocycles. The molecule has 0 amide bonds. The predicted octanol–water partition coefficient (Wildman–Crippen LogP) is 0.759. The van der Waals surface area contributed by atoms with Gasteiger partial charge in [-0.3, -0.25) is 4.57 Å². The van der Waals surface area contributed by atoms with Crippen LogP contribution in [-0.2, 0) is 19.4 Å². The van der Waals surface area contributed by atoms with Crippen LogP contribution >= 0.6 is 0 Å². The van der Waals surface area contributed by atoms with E-state index in [9.17, 15) is 4.79 Å². The van der Waals surface area contributed by atoms with E-state index in [-0.39, 0.29) is 5.69 Å². The van der Waals surface area contributed by atoms with Crippen molar-refractivity contribution in [1.82, 2.24) is 24.8 Å². The van der Waals surface area contributed by atoms with Crippen LogP contribution in [0, 0.1) is 20.8 Å². The molecule has 0 saturated carbocycles. The molecule has 2 aromatic heterocycles. The van der Waals surface area contributed by atoms with Crippen LogP contribution in [0.15, 0.2) is 10.9 Å². The van der Waals surface area contributed by atoms with Crippen molar-refractivity contribution >= 4 is 5.82 Å². The van der Waals surface area contributed by atoms with Gasteiger partial charge in [-0.15, -0.1) is 0 Å². The normalized spacial score (nSPS) is 14.1. The standard InChI is InChI=1S/C17H24N6O/c1-11-10-12(2)23(17(24)20-11)9-8-19-16-14-4-6-18-7-5-15(14)21-13(3)22-16/h10,18H,4-9H2,1-3H3,(H,19,21,22). The van der Waals surface area contributed by atoms with Gasteiger partial charge >= 0.3 is 5.69 Å². The summed E-state index contributed by atoms with van der Waals surface area (Å²) in [6, 6.07) is 1.92. The monoisotopic (exact) mass is 328 g/mol. The van der Waals surface area contributed by atoms with Crippen LogP contribution in [-0.4, -0.2) is 39.2 Å². The van der Waals surface area contributed by atoms with E-state index in [1.807, 2.05) is 26.8 Å². The number of rotatable bonds is 4. The van der Waals surface area contributed by atoms with E-state index >= 15 is 0 Å². The van der Waals surface area contributed by atoms with Crippen molar-refractivity contribution in [3.63, 3.8) is 0 Å². The first-order valence-corrected chi connectivity index (χ1v) is 8.40. The van der Waals surface area contributed by atoms with E-state index in [0.29, 0.717) is 13.1 Å². The molecule has 1 aliphatic rings. The first-order valence-electron chi connectivity index (χ1n) is 8.40. The summed E-state index contributed by atoms with van der Waals surface area (Å²) in [5.41, 5.74) is 3.80. The smallest absolute Gasteiger partial charge is 0.348 e. The second-order valence-electron chi connectivity index (χ2n) is 6.19. The number of aromatic nitrogens is 4. The topological polar surface area (TPSA) is 84.7 Å². The van der Waals surface area contributed by atoms with Gasteiger partial charge < -0.3 is 10.6 Å². The lowest BCUT2D eigenvalue weighted by Crippen LogP contribution is -2.28. The third-order valence-corrected chi connectivity index (χ3v) is 4.27. The molecule has 0 radical (unpaired) electrons. The van der Waals surface area contributed by atoms with E-state index in [4.69, 9.17) is 0 Å². The minimum absolute atomic E-state index is 0.198. The number of hydrogen-bond acceptors (Lipinski definition) is 6. The maximum atomic E-state index is 12.0. The molecule has 0 unspecified atom stereocenters. The molecule has 3 heterocycles. The Kier molecular flexibility index (Phi) is 4.89. The molecular weight excluding hydrogens is 304 g/mol. The fourth-order valence-corrected chi connectivity index (χ4v) is 3.15. The quantitative estimate of drug-likeness (QED) is 0.862. The summed E-state index contributed by atoms with van der Waals surface area (Å²) in [5, 5.41) is 6.79. The van der Waals surface area contributed by atoms with Crippen molar-refractivity contribution < 1.29 is 0 Å². The van der Waals surface area contributed by atoms with Gasteiger partial charge in [-0.25, -0.2) is 14.8 Å². The third kappa shape index (κ3) is 3.62. The van der Waals surface area contributed by atoms with Crippen molar-refractivity contribution in [2.45, 2.75) is 40.2 Å². The number of fused-ring (bicyclic) bond motifs is 1. The Morgan fingerprint density at radius 2 is 1.96 bits per heavy atom. The van der Waals surface area contributed by atoms with Crippen LogP contribution in [0.4, 0.5) is 5.82 Å². The molecule has 0 spiro atoms. The van der Waals surface area contributed by atoms with E-state index in [1.54, 1.807) is 4.57 Å². The average molecular weight is 328 g/mol.